The van der Waals surface area contributed by atoms with Crippen molar-refractivity contribution >= 4 is 5.69 Å². The fourth-order valence-corrected chi connectivity index (χ4v) is 3.56. The molecule has 0 spiro atoms. The van der Waals surface area contributed by atoms with Crippen LogP contribution in [0.25, 0.3) is 0 Å². The number of unbranched alkanes of at least 4 members (excludes halogenated alkanes) is 3. The maximum absolute atomic E-state index is 12.9. The van der Waals surface area contributed by atoms with E-state index in [-0.39, 0.29) is 24.8 Å². The van der Waals surface area contributed by atoms with Crippen LogP contribution in [-0.2, 0) is 10.9 Å². The highest BCUT2D eigenvalue weighted by molar-refractivity contribution is 5.35. The summed E-state index contributed by atoms with van der Waals surface area (Å²) in [5.41, 5.74) is 0.105. The molecule has 9 heteroatoms. The zero-order chi connectivity index (χ0) is 19.7. The molecule has 0 saturated carbocycles. The molecule has 1 aromatic rings. The van der Waals surface area contributed by atoms with Gasteiger partial charge in [0.1, 0.15) is 44.5 Å². The lowest BCUT2D eigenvalue weighted by Gasteiger charge is -2.30. The summed E-state index contributed by atoms with van der Waals surface area (Å²) in [7, 11) is 0. The highest BCUT2D eigenvalue weighted by atomic mass is 35.5. The maximum atomic E-state index is 12.9. The molecule has 1 aliphatic rings. The van der Waals surface area contributed by atoms with E-state index in [2.05, 4.69) is 6.92 Å². The van der Waals surface area contributed by atoms with Crippen LogP contribution in [0.3, 0.4) is 0 Å². The Morgan fingerprint density at radius 3 is 2.38 bits per heavy atom. The number of quaternary nitrogens is 2. The second kappa shape index (κ2) is 14.4. The second-order valence-electron chi connectivity index (χ2n) is 7.43. The van der Waals surface area contributed by atoms with Gasteiger partial charge >= 0.3 is 6.18 Å². The maximum Gasteiger partial charge on any atom is 0.416 e. The summed E-state index contributed by atoms with van der Waals surface area (Å²) in [6.07, 6.45) is -0.177. The minimum Gasteiger partial charge on any atom is -1.00 e. The van der Waals surface area contributed by atoms with E-state index in [9.17, 15) is 18.3 Å². The van der Waals surface area contributed by atoms with Gasteiger partial charge in [0.25, 0.3) is 0 Å². The summed E-state index contributed by atoms with van der Waals surface area (Å²) in [5, 5.41) is 10.1. The van der Waals surface area contributed by atoms with Gasteiger partial charge in [0.2, 0.25) is 0 Å². The fourth-order valence-electron chi connectivity index (χ4n) is 3.56. The van der Waals surface area contributed by atoms with Crippen molar-refractivity contribution in [2.75, 3.05) is 45.9 Å². The van der Waals surface area contributed by atoms with Gasteiger partial charge in [-0.1, -0.05) is 32.3 Å². The quantitative estimate of drug-likeness (QED) is 0.306. The topological polar surface area (TPSA) is 38.3 Å². The molecule has 0 aliphatic carbocycles. The zero-order valence-electron chi connectivity index (χ0n) is 16.9. The average Bonchev–Trinajstić information content (AvgIpc) is 2.64. The molecule has 1 unspecified atom stereocenters. The fraction of sp³-hybridized carbons (Fsp3) is 0.700. The van der Waals surface area contributed by atoms with Crippen LogP contribution in [0.4, 0.5) is 18.9 Å². The lowest BCUT2D eigenvalue weighted by Crippen LogP contribution is -3.26. The van der Waals surface area contributed by atoms with E-state index in [1.54, 1.807) is 6.07 Å². The smallest absolute Gasteiger partial charge is 0.416 e. The van der Waals surface area contributed by atoms with Crippen molar-refractivity contribution in [2.24, 2.45) is 0 Å². The Hall–Kier alpha value is -0.570. The number of aliphatic hydroxyl groups is 1. The third-order valence-corrected chi connectivity index (χ3v) is 5.14. The van der Waals surface area contributed by atoms with Gasteiger partial charge in [0, 0.05) is 12.7 Å². The number of piperazine rings is 1. The molecule has 3 N–H and O–H groups in total. The van der Waals surface area contributed by atoms with E-state index in [4.69, 9.17) is 4.74 Å². The lowest BCUT2D eigenvalue weighted by atomic mass is 10.1. The Kier molecular flexibility index (Phi) is 14.2. The van der Waals surface area contributed by atoms with Crippen molar-refractivity contribution in [2.45, 2.75) is 44.9 Å². The second-order valence-corrected chi connectivity index (χ2v) is 7.43. The molecular weight excluding hydrogens is 428 g/mol. The number of nitrogens with one attached hydrogen (secondary N) is 2. The predicted octanol–water partition coefficient (Wildman–Crippen LogP) is -4.91. The number of ether oxygens (including phenoxy) is 1. The molecule has 170 valence electrons. The third kappa shape index (κ3) is 10.3. The first-order valence-electron chi connectivity index (χ1n) is 10.0. The van der Waals surface area contributed by atoms with Crippen molar-refractivity contribution in [3.8, 4) is 0 Å². The Labute approximate surface area is 184 Å². The van der Waals surface area contributed by atoms with Crippen molar-refractivity contribution in [3.63, 3.8) is 0 Å². The highest BCUT2D eigenvalue weighted by Crippen LogP contribution is 2.29. The summed E-state index contributed by atoms with van der Waals surface area (Å²) in [6.45, 7) is 7.05. The van der Waals surface area contributed by atoms with Gasteiger partial charge in [0.15, 0.2) is 0 Å². The molecule has 1 atom stereocenters. The van der Waals surface area contributed by atoms with Crippen molar-refractivity contribution in [1.82, 2.24) is 0 Å². The molecule has 1 saturated heterocycles. The van der Waals surface area contributed by atoms with Gasteiger partial charge in [-0.3, -0.25) is 4.90 Å². The molecule has 1 fully saturated rings. The first kappa shape index (κ1) is 28.4. The number of rotatable bonds is 10. The molecule has 4 nitrogen and oxygen atoms in total. The van der Waals surface area contributed by atoms with Crippen molar-refractivity contribution in [3.05, 3.63) is 29.8 Å². The molecule has 1 aromatic carbocycles. The monoisotopic (exact) mass is 460 g/mol. The van der Waals surface area contributed by atoms with E-state index < -0.39 is 17.8 Å². The van der Waals surface area contributed by atoms with Crippen molar-refractivity contribution in [1.29, 1.82) is 0 Å². The summed E-state index contributed by atoms with van der Waals surface area (Å²) in [5.74, 6) is 0. The summed E-state index contributed by atoms with van der Waals surface area (Å²) >= 11 is 0. The van der Waals surface area contributed by atoms with E-state index in [1.165, 1.54) is 29.9 Å². The third-order valence-electron chi connectivity index (χ3n) is 5.14. The first-order valence-corrected chi connectivity index (χ1v) is 10.0. The van der Waals surface area contributed by atoms with Crippen LogP contribution >= 0.6 is 0 Å². The van der Waals surface area contributed by atoms with Gasteiger partial charge in [-0.25, -0.2) is 0 Å². The summed E-state index contributed by atoms with van der Waals surface area (Å²) in [6, 6.07) is 5.60. The van der Waals surface area contributed by atoms with E-state index >= 15 is 0 Å². The van der Waals surface area contributed by atoms with Crippen LogP contribution in [0.2, 0.25) is 0 Å². The number of benzene rings is 1. The molecule has 0 radical (unpaired) electrons. The molecular formula is C20H33Cl2F3N2O2. The lowest BCUT2D eigenvalue weighted by molar-refractivity contribution is -0.988. The highest BCUT2D eigenvalue weighted by Gasteiger charge is 2.32. The van der Waals surface area contributed by atoms with E-state index in [0.29, 0.717) is 25.4 Å². The molecule has 29 heavy (non-hydrogen) atoms. The summed E-state index contributed by atoms with van der Waals surface area (Å²) in [4.78, 5) is 2.36. The molecule has 2 rings (SSSR count). The number of alkyl halides is 3. The first-order chi connectivity index (χ1) is 12.9. The molecule has 0 amide bonds. The predicted molar refractivity (Wildman–Crippen MR) is 98.3 cm³/mol. The van der Waals surface area contributed by atoms with Gasteiger partial charge in [0.05, 0.1) is 12.2 Å². The zero-order valence-corrected chi connectivity index (χ0v) is 18.4. The van der Waals surface area contributed by atoms with Gasteiger partial charge < -0.3 is 39.6 Å². The Bertz CT molecular complexity index is 557. The van der Waals surface area contributed by atoms with E-state index in [0.717, 1.165) is 50.0 Å². The minimum atomic E-state index is -4.30. The van der Waals surface area contributed by atoms with Gasteiger partial charge in [-0.2, -0.15) is 13.2 Å². The SMILES string of the molecule is CCCCCCOCC(O)C[NH+]1CC[NH+](c2cccc(C(F)(F)F)c2)CC1.[Cl-].[Cl-]. The van der Waals surface area contributed by atoms with Crippen LogP contribution in [0.15, 0.2) is 24.3 Å². The van der Waals surface area contributed by atoms with E-state index in [1.807, 2.05) is 0 Å². The Morgan fingerprint density at radius 2 is 1.76 bits per heavy atom. The standard InChI is InChI=1S/C20H31F3N2O2.2ClH/c1-2-3-4-5-13-27-16-19(26)15-24-9-11-25(12-10-24)18-8-6-7-17(14-18)20(21,22)23;;/h6-8,14,19,26H,2-5,9-13,15-16H2,1H3;2*1H. The number of hydrogen-bond acceptors (Lipinski definition) is 2. The Morgan fingerprint density at radius 1 is 1.07 bits per heavy atom. The average molecular weight is 461 g/mol. The van der Waals surface area contributed by atoms with Gasteiger partial charge in [-0.15, -0.1) is 0 Å². The molecule has 0 aromatic heterocycles. The number of halogens is 5. The van der Waals surface area contributed by atoms with Crippen LogP contribution < -0.4 is 34.6 Å². The Balaban J connectivity index is 0.00000392. The van der Waals surface area contributed by atoms with Crippen LogP contribution in [0, 0.1) is 0 Å². The largest absolute Gasteiger partial charge is 1.00 e. The normalized spacial score (nSPS) is 20.4. The molecule has 0 bridgehead atoms. The van der Waals surface area contributed by atoms with Crippen LogP contribution in [-0.4, -0.2) is 57.1 Å². The molecule has 1 heterocycles. The van der Waals surface area contributed by atoms with Crippen LogP contribution in [0.5, 0.6) is 0 Å². The molecule has 1 aliphatic heterocycles. The summed E-state index contributed by atoms with van der Waals surface area (Å²) < 4.78 is 44.2. The number of hydrogen-bond donors (Lipinski definition) is 3. The van der Waals surface area contributed by atoms with Crippen LogP contribution in [0.1, 0.15) is 38.2 Å². The van der Waals surface area contributed by atoms with Crippen molar-refractivity contribution < 1.29 is 57.6 Å². The minimum absolute atomic E-state index is 0. The van der Waals surface area contributed by atoms with Gasteiger partial charge in [-0.05, 0) is 18.6 Å². The number of aliphatic hydroxyl groups excluding tert-OH is 1.